The molecule has 0 amide bonds. The molecule has 0 rings (SSSR count). The van der Waals surface area contributed by atoms with E-state index in [1.807, 2.05) is 41.5 Å². The summed E-state index contributed by atoms with van der Waals surface area (Å²) in [5.74, 6) is 1.83. The molecule has 0 aliphatic rings. The van der Waals surface area contributed by atoms with Crippen molar-refractivity contribution >= 4 is 0 Å². The van der Waals surface area contributed by atoms with Gasteiger partial charge in [0.2, 0.25) is 0 Å². The van der Waals surface area contributed by atoms with E-state index in [9.17, 15) is 0 Å². The van der Waals surface area contributed by atoms with Gasteiger partial charge in [0, 0.05) is 0 Å². The maximum Gasteiger partial charge on any atom is 1.00 e. The second kappa shape index (κ2) is 58.8. The van der Waals surface area contributed by atoms with Crippen LogP contribution in [-0.2, 0) is 0 Å². The number of hydrogen-bond donors (Lipinski definition) is 0. The van der Waals surface area contributed by atoms with Crippen LogP contribution in [0, 0.1) is 19.3 Å². The van der Waals surface area contributed by atoms with Gasteiger partial charge in [-0.2, -0.15) is 0 Å². The molecular weight excluding hydrogens is 267 g/mol. The van der Waals surface area contributed by atoms with Crippen molar-refractivity contribution < 1.29 is 51.4 Å². The van der Waals surface area contributed by atoms with E-state index >= 15 is 0 Å². The molecule has 0 aromatic carbocycles. The van der Waals surface area contributed by atoms with Crippen LogP contribution in [0.15, 0.2) is 0 Å². The van der Waals surface area contributed by atoms with Gasteiger partial charge in [-0.3, -0.25) is 0 Å². The molecule has 0 aliphatic carbocycles. The van der Waals surface area contributed by atoms with Crippen LogP contribution in [0.25, 0.3) is 0 Å². The van der Waals surface area contributed by atoms with Gasteiger partial charge in [0.25, 0.3) is 0 Å². The van der Waals surface area contributed by atoms with Crippen molar-refractivity contribution in [2.24, 2.45) is 11.8 Å². The largest absolute Gasteiger partial charge is 1.00 e. The monoisotopic (exact) mass is 316 g/mol. The summed E-state index contributed by atoms with van der Waals surface area (Å²) in [4.78, 5) is 0. The first-order chi connectivity index (χ1) is 8.58. The zero-order chi connectivity index (χ0) is 16.0. The molecule has 0 N–H and O–H groups in total. The summed E-state index contributed by atoms with van der Waals surface area (Å²) in [6.07, 6.45) is 5.37. The molecule has 0 aliphatic heterocycles. The summed E-state index contributed by atoms with van der Waals surface area (Å²) < 4.78 is 0. The molecule has 0 heterocycles. The van der Waals surface area contributed by atoms with E-state index in [4.69, 9.17) is 0 Å². The average molecular weight is 317 g/mol. The van der Waals surface area contributed by atoms with Crippen LogP contribution in [-0.4, -0.2) is 0 Å². The zero-order valence-electron chi connectivity index (χ0n) is 18.0. The molecule has 0 radical (unpaired) electrons. The Kier molecular flexibility index (Phi) is 126. The Morgan fingerprint density at radius 3 is 0.900 bits per heavy atom. The molecule has 20 heavy (non-hydrogen) atoms. The van der Waals surface area contributed by atoms with Gasteiger partial charge in [0.1, 0.15) is 0 Å². The molecule has 126 valence electrons. The van der Waals surface area contributed by atoms with Crippen LogP contribution in [0.1, 0.15) is 109 Å². The van der Waals surface area contributed by atoms with Gasteiger partial charge in [-0.05, 0) is 11.8 Å². The fourth-order valence-corrected chi connectivity index (χ4v) is 0.866. The van der Waals surface area contributed by atoms with Crippen LogP contribution in [0.3, 0.4) is 0 Å². The van der Waals surface area contributed by atoms with Gasteiger partial charge in [0.15, 0.2) is 0 Å². The standard InChI is InChI=1S/2C6H14.3C2H6.CH3.K/c1-4-5-6(2)3;1-4-6(3)5-2;3*1-2;;/h2*6H,4-5H2,1-3H3;3*1-2H3;1H3;/q;;;;;-1;+1. The fourth-order valence-electron chi connectivity index (χ4n) is 0.866. The average Bonchev–Trinajstić information content (AvgIpc) is 2.45. The minimum atomic E-state index is 0. The van der Waals surface area contributed by atoms with Crippen molar-refractivity contribution in [3.8, 4) is 0 Å². The molecular formula is C19H49K. The van der Waals surface area contributed by atoms with Gasteiger partial charge in [-0.25, -0.2) is 0 Å². The van der Waals surface area contributed by atoms with Crippen molar-refractivity contribution in [1.82, 2.24) is 0 Å². The van der Waals surface area contributed by atoms with E-state index in [2.05, 4.69) is 41.5 Å². The predicted molar refractivity (Wildman–Crippen MR) is 100.0 cm³/mol. The molecule has 0 aromatic rings. The van der Waals surface area contributed by atoms with Gasteiger partial charge in [0.05, 0.1) is 0 Å². The third kappa shape index (κ3) is 91.4. The molecule has 0 saturated heterocycles. The zero-order valence-corrected chi connectivity index (χ0v) is 21.1. The van der Waals surface area contributed by atoms with Gasteiger partial charge in [-0.1, -0.05) is 109 Å². The van der Waals surface area contributed by atoms with Crippen molar-refractivity contribution in [1.29, 1.82) is 0 Å². The molecule has 0 atom stereocenters. The van der Waals surface area contributed by atoms with Gasteiger partial charge in [-0.15, -0.1) is 0 Å². The van der Waals surface area contributed by atoms with E-state index in [0.29, 0.717) is 0 Å². The third-order valence-corrected chi connectivity index (χ3v) is 2.26. The van der Waals surface area contributed by atoms with Gasteiger partial charge < -0.3 is 7.43 Å². The first-order valence-electron chi connectivity index (χ1n) is 8.58. The summed E-state index contributed by atoms with van der Waals surface area (Å²) in [5, 5.41) is 0. The second-order valence-electron chi connectivity index (χ2n) is 4.10. The predicted octanol–water partition coefficient (Wildman–Crippen LogP) is 5.42. The van der Waals surface area contributed by atoms with Crippen LogP contribution >= 0.6 is 0 Å². The van der Waals surface area contributed by atoms with Crippen molar-refractivity contribution in [2.75, 3.05) is 0 Å². The van der Waals surface area contributed by atoms with E-state index in [1.54, 1.807) is 0 Å². The van der Waals surface area contributed by atoms with E-state index in [0.717, 1.165) is 11.8 Å². The maximum absolute atomic E-state index is 2.28. The van der Waals surface area contributed by atoms with Crippen molar-refractivity contribution in [3.63, 3.8) is 0 Å². The van der Waals surface area contributed by atoms with Crippen LogP contribution in [0.4, 0.5) is 0 Å². The smallest absolute Gasteiger partial charge is 0.358 e. The van der Waals surface area contributed by atoms with E-state index in [1.165, 1.54) is 25.7 Å². The Balaban J connectivity index is -0.0000000229. The van der Waals surface area contributed by atoms with Crippen molar-refractivity contribution in [3.05, 3.63) is 7.43 Å². The summed E-state index contributed by atoms with van der Waals surface area (Å²) in [5.41, 5.74) is 0. The molecule has 0 aromatic heterocycles. The Morgan fingerprint density at radius 2 is 0.900 bits per heavy atom. The SMILES string of the molecule is CC.CC.CC.CCC(C)CC.CCCC(C)C.[CH3-].[K+]. The molecule has 0 fully saturated rings. The minimum Gasteiger partial charge on any atom is -0.358 e. The molecule has 0 nitrogen and oxygen atoms in total. The van der Waals surface area contributed by atoms with Crippen molar-refractivity contribution in [2.45, 2.75) is 109 Å². The molecule has 0 spiro atoms. The molecule has 0 saturated carbocycles. The molecule has 0 unspecified atom stereocenters. The first kappa shape index (κ1) is 43.0. The van der Waals surface area contributed by atoms with E-state index < -0.39 is 0 Å². The Hall–Kier alpha value is 1.64. The second-order valence-corrected chi connectivity index (χ2v) is 4.10. The Bertz CT molecular complexity index is 66.2. The normalized spacial score (nSPS) is 6.90. The molecule has 1 heteroatoms. The number of rotatable bonds is 4. The summed E-state index contributed by atoms with van der Waals surface area (Å²) >= 11 is 0. The Labute approximate surface area is 177 Å². The quantitative estimate of drug-likeness (QED) is 0.480. The fraction of sp³-hybridized carbons (Fsp3) is 0.947. The third-order valence-electron chi connectivity index (χ3n) is 2.26. The molecule has 0 bridgehead atoms. The first-order valence-corrected chi connectivity index (χ1v) is 8.58. The van der Waals surface area contributed by atoms with Crippen LogP contribution < -0.4 is 51.4 Å². The summed E-state index contributed by atoms with van der Waals surface area (Å²) in [6.45, 7) is 25.5. The van der Waals surface area contributed by atoms with Crippen LogP contribution in [0.2, 0.25) is 0 Å². The topological polar surface area (TPSA) is 0 Å². The summed E-state index contributed by atoms with van der Waals surface area (Å²) in [6, 6.07) is 0. The maximum atomic E-state index is 2.28. The van der Waals surface area contributed by atoms with E-state index in [-0.39, 0.29) is 58.8 Å². The van der Waals surface area contributed by atoms with Gasteiger partial charge >= 0.3 is 51.4 Å². The minimum absolute atomic E-state index is 0. The Morgan fingerprint density at radius 1 is 0.650 bits per heavy atom. The summed E-state index contributed by atoms with van der Waals surface area (Å²) in [7, 11) is 0. The van der Waals surface area contributed by atoms with Crippen LogP contribution in [0.5, 0.6) is 0 Å². The number of hydrogen-bond acceptors (Lipinski definition) is 0.